The van der Waals surface area contributed by atoms with E-state index in [9.17, 15) is 4.79 Å². The molecular weight excluding hydrogens is 430 g/mol. The Hall–Kier alpha value is -1.84. The molecule has 1 aliphatic rings. The quantitative estimate of drug-likeness (QED) is 0.152. The highest BCUT2D eigenvalue weighted by molar-refractivity contribution is 5.94. The van der Waals surface area contributed by atoms with Crippen LogP contribution in [0.1, 0.15) is 89.2 Å². The van der Waals surface area contributed by atoms with Gasteiger partial charge in [0.1, 0.15) is 11.2 Å². The van der Waals surface area contributed by atoms with E-state index in [2.05, 4.69) is 36.9 Å². The summed E-state index contributed by atoms with van der Waals surface area (Å²) in [5.74, 6) is 0.608. The molecule has 0 fully saturated rings. The molecule has 3 rings (SSSR count). The van der Waals surface area contributed by atoms with Crippen LogP contribution in [-0.4, -0.2) is 30.5 Å². The first-order chi connectivity index (χ1) is 15.7. The molecule has 2 aromatic rings. The number of para-hydroxylation sites is 1. The van der Waals surface area contributed by atoms with Gasteiger partial charge in [0, 0.05) is 5.56 Å². The topological polar surface area (TPSA) is 29.5 Å². The average Bonchev–Trinajstić information content (AvgIpc) is 3.12. The van der Waals surface area contributed by atoms with Gasteiger partial charge in [0.05, 0.1) is 0 Å². The molecule has 4 heteroatoms. The van der Waals surface area contributed by atoms with Crippen molar-refractivity contribution < 1.29 is 9.53 Å². The summed E-state index contributed by atoms with van der Waals surface area (Å²) in [6, 6.07) is 18.1. The van der Waals surface area contributed by atoms with Gasteiger partial charge in [-0.15, -0.1) is 12.4 Å². The van der Waals surface area contributed by atoms with Gasteiger partial charge in [-0.2, -0.15) is 0 Å². The number of carbonyl (C=O) groups excluding carboxylic acids is 1. The number of ether oxygens (including phenoxy) is 1. The van der Waals surface area contributed by atoms with Crippen molar-refractivity contribution in [3.63, 3.8) is 0 Å². The summed E-state index contributed by atoms with van der Waals surface area (Å²) in [7, 11) is 0. The summed E-state index contributed by atoms with van der Waals surface area (Å²) >= 11 is 0. The molecule has 0 aromatic heterocycles. The Morgan fingerprint density at radius 1 is 0.727 bits per heavy atom. The second kappa shape index (κ2) is 14.4. The number of fused-ring (bicyclic) bond motifs is 1. The second-order valence-electron chi connectivity index (χ2n) is 9.12. The molecule has 0 saturated heterocycles. The number of halogens is 1. The van der Waals surface area contributed by atoms with Crippen molar-refractivity contribution in [2.75, 3.05) is 19.6 Å². The van der Waals surface area contributed by atoms with E-state index in [-0.39, 0.29) is 18.4 Å². The Morgan fingerprint density at radius 2 is 1.27 bits per heavy atom. The lowest BCUT2D eigenvalue weighted by Crippen LogP contribution is -2.35. The van der Waals surface area contributed by atoms with Crippen molar-refractivity contribution in [3.05, 3.63) is 65.7 Å². The molecule has 0 aliphatic carbocycles. The third-order valence-electron chi connectivity index (χ3n) is 7.09. The lowest BCUT2D eigenvalue weighted by atomic mass is 9.72. The van der Waals surface area contributed by atoms with E-state index >= 15 is 0 Å². The van der Waals surface area contributed by atoms with E-state index in [1.807, 2.05) is 36.4 Å². The summed E-state index contributed by atoms with van der Waals surface area (Å²) in [5.41, 5.74) is 1.43. The van der Waals surface area contributed by atoms with Crippen LogP contribution in [0.5, 0.6) is 5.75 Å². The summed E-state index contributed by atoms with van der Waals surface area (Å²) in [6.07, 6.45) is 12.3. The second-order valence-corrected chi connectivity index (χ2v) is 9.12. The molecule has 182 valence electrons. The maximum atomic E-state index is 13.1. The predicted molar refractivity (Wildman–Crippen MR) is 141 cm³/mol. The molecule has 0 amide bonds. The van der Waals surface area contributed by atoms with Gasteiger partial charge in [0.25, 0.3) is 0 Å². The van der Waals surface area contributed by atoms with E-state index in [0.29, 0.717) is 0 Å². The number of unbranched alkanes of at least 4 members (excludes halogenated alkanes) is 8. The molecule has 2 aromatic carbocycles. The fourth-order valence-corrected chi connectivity index (χ4v) is 5.09. The predicted octanol–water partition coefficient (Wildman–Crippen LogP) is 7.56. The molecule has 1 atom stereocenters. The smallest absolute Gasteiger partial charge is 0.326 e. The maximum absolute atomic E-state index is 13.1. The van der Waals surface area contributed by atoms with Crippen LogP contribution >= 0.6 is 12.4 Å². The van der Waals surface area contributed by atoms with Crippen LogP contribution < -0.4 is 4.74 Å². The lowest BCUT2D eigenvalue weighted by Gasteiger charge is -2.26. The number of benzene rings is 2. The Bertz CT molecular complexity index is 821. The fraction of sp³-hybridized carbons (Fsp3) is 0.552. The zero-order chi connectivity index (χ0) is 22.7. The van der Waals surface area contributed by atoms with E-state index in [1.165, 1.54) is 71.0 Å². The van der Waals surface area contributed by atoms with E-state index < -0.39 is 5.41 Å². The lowest BCUT2D eigenvalue weighted by molar-refractivity contribution is -0.137. The normalized spacial score (nSPS) is 17.0. The van der Waals surface area contributed by atoms with Crippen LogP contribution in [0.15, 0.2) is 54.6 Å². The van der Waals surface area contributed by atoms with Gasteiger partial charge in [-0.25, -0.2) is 0 Å². The molecule has 1 unspecified atom stereocenters. The van der Waals surface area contributed by atoms with Crippen LogP contribution in [0, 0.1) is 0 Å². The summed E-state index contributed by atoms with van der Waals surface area (Å²) < 4.78 is 5.71. The van der Waals surface area contributed by atoms with Gasteiger partial charge < -0.3 is 9.64 Å². The van der Waals surface area contributed by atoms with Crippen molar-refractivity contribution in [3.8, 4) is 5.75 Å². The van der Waals surface area contributed by atoms with Crippen LogP contribution in [0.2, 0.25) is 0 Å². The van der Waals surface area contributed by atoms with Gasteiger partial charge in [-0.05, 0) is 44.1 Å². The molecule has 1 heterocycles. The van der Waals surface area contributed by atoms with Crippen LogP contribution in [0.25, 0.3) is 0 Å². The molecule has 3 nitrogen and oxygen atoms in total. The Kier molecular flexibility index (Phi) is 12.0. The van der Waals surface area contributed by atoms with Crippen molar-refractivity contribution >= 4 is 18.4 Å². The van der Waals surface area contributed by atoms with Gasteiger partial charge in [0.2, 0.25) is 0 Å². The molecule has 1 aliphatic heterocycles. The van der Waals surface area contributed by atoms with Crippen molar-refractivity contribution in [2.45, 2.75) is 83.5 Å². The minimum absolute atomic E-state index is 0. The SMILES string of the molecule is CCN(CC)CCCCCCCCCCCC1(c2ccccc2)C(=O)Oc2ccccc21.Cl. The highest BCUT2D eigenvalue weighted by atomic mass is 35.5. The summed E-state index contributed by atoms with van der Waals surface area (Å²) in [6.45, 7) is 8.09. The van der Waals surface area contributed by atoms with E-state index in [1.54, 1.807) is 0 Å². The third kappa shape index (κ3) is 7.07. The number of nitrogens with zero attached hydrogens (tertiary/aromatic N) is 1. The van der Waals surface area contributed by atoms with Crippen molar-refractivity contribution in [2.24, 2.45) is 0 Å². The number of hydrogen-bond donors (Lipinski definition) is 0. The number of hydrogen-bond acceptors (Lipinski definition) is 3. The molecule has 33 heavy (non-hydrogen) atoms. The first-order valence-electron chi connectivity index (χ1n) is 12.8. The zero-order valence-electron chi connectivity index (χ0n) is 20.6. The van der Waals surface area contributed by atoms with Crippen molar-refractivity contribution in [1.29, 1.82) is 0 Å². The Labute approximate surface area is 207 Å². The average molecular weight is 472 g/mol. The molecular formula is C29H42ClNO2. The van der Waals surface area contributed by atoms with E-state index in [4.69, 9.17) is 4.74 Å². The number of carbonyl (C=O) groups is 1. The largest absolute Gasteiger partial charge is 0.425 e. The van der Waals surface area contributed by atoms with Gasteiger partial charge in [0.15, 0.2) is 0 Å². The molecule has 0 saturated carbocycles. The Morgan fingerprint density at radius 3 is 1.91 bits per heavy atom. The van der Waals surface area contributed by atoms with E-state index in [0.717, 1.165) is 29.7 Å². The first-order valence-corrected chi connectivity index (χ1v) is 12.8. The number of esters is 1. The molecule has 0 radical (unpaired) electrons. The highest BCUT2D eigenvalue weighted by Gasteiger charge is 2.49. The fourth-order valence-electron chi connectivity index (χ4n) is 5.09. The highest BCUT2D eigenvalue weighted by Crippen LogP contribution is 2.47. The summed E-state index contributed by atoms with van der Waals surface area (Å²) in [4.78, 5) is 15.6. The minimum Gasteiger partial charge on any atom is -0.425 e. The molecule has 0 bridgehead atoms. The maximum Gasteiger partial charge on any atom is 0.326 e. The first kappa shape index (κ1) is 27.4. The van der Waals surface area contributed by atoms with Crippen LogP contribution in [0.4, 0.5) is 0 Å². The van der Waals surface area contributed by atoms with Crippen LogP contribution in [0.3, 0.4) is 0 Å². The monoisotopic (exact) mass is 471 g/mol. The Balaban J connectivity index is 0.00000385. The van der Waals surface area contributed by atoms with Gasteiger partial charge in [-0.1, -0.05) is 114 Å². The van der Waals surface area contributed by atoms with Crippen molar-refractivity contribution in [1.82, 2.24) is 4.90 Å². The third-order valence-corrected chi connectivity index (χ3v) is 7.09. The number of rotatable bonds is 15. The molecule has 0 spiro atoms. The standard InChI is InChI=1S/C29H41NO2.ClH/c1-3-30(4-2)24-18-11-9-7-5-6-8-10-17-23-29(25-19-13-12-14-20-25)26-21-15-16-22-27(26)32-28(29)31;/h12-16,19-22H,3-11,17-18,23-24H2,1-2H3;1H. The summed E-state index contributed by atoms with van der Waals surface area (Å²) in [5, 5.41) is 0. The van der Waals surface area contributed by atoms with Crippen LogP contribution in [-0.2, 0) is 10.2 Å². The molecule has 0 N–H and O–H groups in total. The van der Waals surface area contributed by atoms with Gasteiger partial charge >= 0.3 is 5.97 Å². The zero-order valence-corrected chi connectivity index (χ0v) is 21.4. The minimum atomic E-state index is -0.650. The van der Waals surface area contributed by atoms with Gasteiger partial charge in [-0.3, -0.25) is 4.79 Å².